The second-order valence-corrected chi connectivity index (χ2v) is 9.05. The molecule has 0 saturated carbocycles. The lowest BCUT2D eigenvalue weighted by atomic mass is 9.99. The summed E-state index contributed by atoms with van der Waals surface area (Å²) >= 11 is 0. The fourth-order valence-electron chi connectivity index (χ4n) is 3.77. The molecule has 0 amide bonds. The van der Waals surface area contributed by atoms with E-state index in [2.05, 4.69) is 5.10 Å². The Kier molecular flexibility index (Phi) is 5.69. The molecule has 4 rings (SSSR count). The molecule has 0 saturated heterocycles. The number of hydrogen-bond acceptors (Lipinski definition) is 5. The first-order valence-electron chi connectivity index (χ1n) is 9.90. The molecule has 160 valence electrons. The standard InChI is InChI=1S/C24H24N2O4S/c1-17-9-7-8-12-24(17)31(27,28)26-21(18-10-5-4-6-11-18)16-20(25-26)19-13-14-22(29-2)23(15-19)30-3/h4-15,21H,16H2,1-3H3/t21-/m0/s1. The van der Waals surface area contributed by atoms with Gasteiger partial charge >= 0.3 is 0 Å². The van der Waals surface area contributed by atoms with E-state index < -0.39 is 16.1 Å². The van der Waals surface area contributed by atoms with Gasteiger partial charge in [0.2, 0.25) is 0 Å². The van der Waals surface area contributed by atoms with Crippen LogP contribution in [0.4, 0.5) is 0 Å². The quantitative estimate of drug-likeness (QED) is 0.568. The maximum absolute atomic E-state index is 13.6. The van der Waals surface area contributed by atoms with Crippen LogP contribution in [-0.2, 0) is 10.0 Å². The van der Waals surface area contributed by atoms with E-state index in [9.17, 15) is 8.42 Å². The molecule has 0 aromatic heterocycles. The fraction of sp³-hybridized carbons (Fsp3) is 0.208. The third kappa shape index (κ3) is 3.88. The molecular formula is C24H24N2O4S. The summed E-state index contributed by atoms with van der Waals surface area (Å²) in [6.45, 7) is 1.79. The normalized spacial score (nSPS) is 16.2. The van der Waals surface area contributed by atoms with Crippen molar-refractivity contribution < 1.29 is 17.9 Å². The molecule has 0 radical (unpaired) electrons. The maximum Gasteiger partial charge on any atom is 0.279 e. The number of hydrogen-bond donors (Lipinski definition) is 0. The molecule has 1 aliphatic rings. The fourth-order valence-corrected chi connectivity index (χ4v) is 5.43. The van der Waals surface area contributed by atoms with Crippen molar-refractivity contribution in [3.05, 3.63) is 89.5 Å². The van der Waals surface area contributed by atoms with Gasteiger partial charge < -0.3 is 9.47 Å². The minimum atomic E-state index is -3.85. The van der Waals surface area contributed by atoms with Crippen molar-refractivity contribution in [2.24, 2.45) is 5.10 Å². The Morgan fingerprint density at radius 1 is 0.903 bits per heavy atom. The SMILES string of the molecule is COc1ccc(C2=NN(S(=O)(=O)c3ccccc3C)[C@H](c3ccccc3)C2)cc1OC. The lowest BCUT2D eigenvalue weighted by Gasteiger charge is -2.24. The van der Waals surface area contributed by atoms with Crippen LogP contribution in [0.1, 0.15) is 29.2 Å². The number of hydrazone groups is 1. The van der Waals surface area contributed by atoms with Crippen LogP contribution in [0.2, 0.25) is 0 Å². The molecule has 0 spiro atoms. The second kappa shape index (κ2) is 8.43. The summed E-state index contributed by atoms with van der Waals surface area (Å²) in [5.74, 6) is 1.17. The summed E-state index contributed by atoms with van der Waals surface area (Å²) in [6, 6.07) is 21.6. The molecule has 0 aliphatic carbocycles. The average molecular weight is 437 g/mol. The number of sulfonamides is 1. The van der Waals surface area contributed by atoms with Crippen molar-refractivity contribution in [2.45, 2.75) is 24.3 Å². The van der Waals surface area contributed by atoms with Gasteiger partial charge in [0.15, 0.2) is 11.5 Å². The van der Waals surface area contributed by atoms with E-state index in [1.165, 1.54) is 4.41 Å². The predicted molar refractivity (Wildman–Crippen MR) is 120 cm³/mol. The summed E-state index contributed by atoms with van der Waals surface area (Å²) in [4.78, 5) is 0.258. The van der Waals surface area contributed by atoms with Gasteiger partial charge in [-0.2, -0.15) is 17.9 Å². The Balaban J connectivity index is 1.82. The molecule has 0 unspecified atom stereocenters. The van der Waals surface area contributed by atoms with Gasteiger partial charge in [-0.05, 0) is 42.3 Å². The average Bonchev–Trinajstić information content (AvgIpc) is 3.26. The number of methoxy groups -OCH3 is 2. The minimum Gasteiger partial charge on any atom is -0.493 e. The molecule has 0 fully saturated rings. The molecule has 3 aromatic carbocycles. The smallest absolute Gasteiger partial charge is 0.279 e. The molecule has 7 heteroatoms. The van der Waals surface area contributed by atoms with E-state index in [4.69, 9.17) is 9.47 Å². The van der Waals surface area contributed by atoms with Gasteiger partial charge in [-0.25, -0.2) is 0 Å². The van der Waals surface area contributed by atoms with Crippen LogP contribution in [0, 0.1) is 6.92 Å². The molecular weight excluding hydrogens is 412 g/mol. The highest BCUT2D eigenvalue weighted by atomic mass is 32.2. The molecule has 1 heterocycles. The summed E-state index contributed by atoms with van der Waals surface area (Å²) in [5, 5.41) is 4.60. The van der Waals surface area contributed by atoms with E-state index in [0.29, 0.717) is 29.2 Å². The van der Waals surface area contributed by atoms with Crippen LogP contribution in [0.25, 0.3) is 0 Å². The van der Waals surface area contributed by atoms with Crippen molar-refractivity contribution >= 4 is 15.7 Å². The first kappa shape index (κ1) is 20.9. The summed E-state index contributed by atoms with van der Waals surface area (Å²) in [5.41, 5.74) is 3.04. The van der Waals surface area contributed by atoms with Crippen LogP contribution in [0.5, 0.6) is 11.5 Å². The Morgan fingerprint density at radius 2 is 1.58 bits per heavy atom. The predicted octanol–water partition coefficient (Wildman–Crippen LogP) is 4.55. The highest BCUT2D eigenvalue weighted by molar-refractivity contribution is 7.89. The van der Waals surface area contributed by atoms with Crippen LogP contribution in [0.15, 0.2) is 82.8 Å². The van der Waals surface area contributed by atoms with Crippen molar-refractivity contribution in [3.8, 4) is 11.5 Å². The molecule has 0 bridgehead atoms. The van der Waals surface area contributed by atoms with E-state index in [1.807, 2.05) is 48.5 Å². The summed E-state index contributed by atoms with van der Waals surface area (Å²) < 4.78 is 39.2. The zero-order chi connectivity index (χ0) is 22.0. The van der Waals surface area contributed by atoms with E-state index in [1.54, 1.807) is 45.4 Å². The van der Waals surface area contributed by atoms with Gasteiger partial charge in [-0.1, -0.05) is 48.5 Å². The highest BCUT2D eigenvalue weighted by Gasteiger charge is 2.38. The van der Waals surface area contributed by atoms with Crippen LogP contribution in [-0.4, -0.2) is 32.8 Å². The van der Waals surface area contributed by atoms with Gasteiger partial charge in [0.25, 0.3) is 10.0 Å². The largest absolute Gasteiger partial charge is 0.493 e. The van der Waals surface area contributed by atoms with Gasteiger partial charge in [-0.15, -0.1) is 0 Å². The lowest BCUT2D eigenvalue weighted by Crippen LogP contribution is -2.27. The van der Waals surface area contributed by atoms with Gasteiger partial charge in [0.05, 0.1) is 30.9 Å². The Bertz CT molecular complexity index is 1220. The summed E-state index contributed by atoms with van der Waals surface area (Å²) in [7, 11) is -0.701. The van der Waals surface area contributed by atoms with Crippen LogP contribution >= 0.6 is 0 Å². The van der Waals surface area contributed by atoms with E-state index in [-0.39, 0.29) is 4.90 Å². The zero-order valence-corrected chi connectivity index (χ0v) is 18.5. The molecule has 0 N–H and O–H groups in total. The molecule has 3 aromatic rings. The first-order valence-corrected chi connectivity index (χ1v) is 11.3. The van der Waals surface area contributed by atoms with E-state index in [0.717, 1.165) is 11.1 Å². The number of nitrogens with zero attached hydrogens (tertiary/aromatic N) is 2. The molecule has 1 aliphatic heterocycles. The van der Waals surface area contributed by atoms with Gasteiger partial charge in [-0.3, -0.25) is 0 Å². The van der Waals surface area contributed by atoms with Crippen LogP contribution < -0.4 is 9.47 Å². The monoisotopic (exact) mass is 436 g/mol. The van der Waals surface area contributed by atoms with Gasteiger partial charge in [0, 0.05) is 12.0 Å². The number of ether oxygens (including phenoxy) is 2. The topological polar surface area (TPSA) is 68.2 Å². The Morgan fingerprint density at radius 3 is 2.26 bits per heavy atom. The van der Waals surface area contributed by atoms with Crippen molar-refractivity contribution in [1.29, 1.82) is 0 Å². The molecule has 6 nitrogen and oxygen atoms in total. The Hall–Kier alpha value is -3.32. The first-order chi connectivity index (χ1) is 15.0. The number of benzene rings is 3. The minimum absolute atomic E-state index is 0.258. The van der Waals surface area contributed by atoms with Crippen LogP contribution in [0.3, 0.4) is 0 Å². The van der Waals surface area contributed by atoms with Crippen molar-refractivity contribution in [2.75, 3.05) is 14.2 Å². The van der Waals surface area contributed by atoms with Crippen molar-refractivity contribution in [1.82, 2.24) is 4.41 Å². The number of rotatable bonds is 6. The third-order valence-corrected chi connectivity index (χ3v) is 7.23. The molecule has 31 heavy (non-hydrogen) atoms. The lowest BCUT2D eigenvalue weighted by molar-refractivity contribution is 0.355. The third-order valence-electron chi connectivity index (χ3n) is 5.39. The van der Waals surface area contributed by atoms with Gasteiger partial charge in [0.1, 0.15) is 0 Å². The zero-order valence-electron chi connectivity index (χ0n) is 17.6. The second-order valence-electron chi connectivity index (χ2n) is 7.29. The Labute approximate surface area is 182 Å². The highest BCUT2D eigenvalue weighted by Crippen LogP contribution is 2.39. The number of aryl methyl sites for hydroxylation is 1. The maximum atomic E-state index is 13.6. The molecule has 1 atom stereocenters. The summed E-state index contributed by atoms with van der Waals surface area (Å²) in [6.07, 6.45) is 0.449. The van der Waals surface area contributed by atoms with E-state index >= 15 is 0 Å². The van der Waals surface area contributed by atoms with Crippen molar-refractivity contribution in [3.63, 3.8) is 0 Å².